The molecule has 1 fully saturated rings. The fourth-order valence-electron chi connectivity index (χ4n) is 2.93. The summed E-state index contributed by atoms with van der Waals surface area (Å²) >= 11 is 9.00. The number of nitrogens with one attached hydrogen (secondary N) is 1. The summed E-state index contributed by atoms with van der Waals surface area (Å²) in [6, 6.07) is 10.4. The van der Waals surface area contributed by atoms with Gasteiger partial charge in [0.25, 0.3) is 0 Å². The van der Waals surface area contributed by atoms with E-state index in [1.54, 1.807) is 24.3 Å². The van der Waals surface area contributed by atoms with Gasteiger partial charge in [-0.1, -0.05) is 27.5 Å². The molecular formula is C18H17BrClFN2O3S. The summed E-state index contributed by atoms with van der Waals surface area (Å²) in [5.41, 5.74) is 0.413. The van der Waals surface area contributed by atoms with E-state index in [0.29, 0.717) is 18.5 Å². The number of piperidine rings is 1. The normalized spacial score (nSPS) is 16.3. The fraction of sp³-hybridized carbons (Fsp3) is 0.278. The first-order valence-electron chi connectivity index (χ1n) is 8.29. The van der Waals surface area contributed by atoms with E-state index >= 15 is 0 Å². The number of amides is 1. The lowest BCUT2D eigenvalue weighted by Gasteiger charge is -2.30. The second-order valence-corrected chi connectivity index (χ2v) is 9.51. The van der Waals surface area contributed by atoms with Crippen molar-refractivity contribution in [2.45, 2.75) is 17.7 Å². The molecule has 3 rings (SSSR count). The van der Waals surface area contributed by atoms with Crippen molar-refractivity contribution in [1.29, 1.82) is 0 Å². The molecule has 0 aliphatic carbocycles. The molecule has 0 bridgehead atoms. The van der Waals surface area contributed by atoms with Gasteiger partial charge in [-0.2, -0.15) is 4.31 Å². The quantitative estimate of drug-likeness (QED) is 0.718. The molecule has 1 aliphatic rings. The van der Waals surface area contributed by atoms with Gasteiger partial charge in [0.2, 0.25) is 15.9 Å². The molecule has 0 aromatic heterocycles. The van der Waals surface area contributed by atoms with Gasteiger partial charge in [-0.3, -0.25) is 4.79 Å². The first kappa shape index (κ1) is 20.3. The molecule has 1 N–H and O–H groups in total. The lowest BCUT2D eigenvalue weighted by atomic mass is 9.97. The van der Waals surface area contributed by atoms with Crippen molar-refractivity contribution in [3.05, 3.63) is 57.8 Å². The second-order valence-electron chi connectivity index (χ2n) is 6.25. The Hall–Kier alpha value is -1.48. The molecule has 0 radical (unpaired) electrons. The van der Waals surface area contributed by atoms with Crippen LogP contribution in [0.1, 0.15) is 12.8 Å². The molecule has 2 aromatic rings. The van der Waals surface area contributed by atoms with Gasteiger partial charge < -0.3 is 5.32 Å². The van der Waals surface area contributed by atoms with Crippen LogP contribution in [0, 0.1) is 11.7 Å². The van der Waals surface area contributed by atoms with Crippen molar-refractivity contribution in [3.8, 4) is 0 Å². The monoisotopic (exact) mass is 474 g/mol. The van der Waals surface area contributed by atoms with E-state index in [-0.39, 0.29) is 34.8 Å². The molecule has 0 atom stereocenters. The number of rotatable bonds is 4. The summed E-state index contributed by atoms with van der Waals surface area (Å²) in [4.78, 5) is 12.6. The van der Waals surface area contributed by atoms with Gasteiger partial charge in [0, 0.05) is 29.2 Å². The molecule has 2 aromatic carbocycles. The minimum Gasteiger partial charge on any atom is -0.326 e. The topological polar surface area (TPSA) is 66.5 Å². The third kappa shape index (κ3) is 4.68. The molecule has 1 aliphatic heterocycles. The van der Waals surface area contributed by atoms with Gasteiger partial charge in [0.05, 0.1) is 9.92 Å². The Balaban J connectivity index is 1.61. The summed E-state index contributed by atoms with van der Waals surface area (Å²) in [5.74, 6) is -1.09. The van der Waals surface area contributed by atoms with E-state index in [1.807, 2.05) is 0 Å². The first-order valence-corrected chi connectivity index (χ1v) is 10.9. The minimum atomic E-state index is -3.58. The van der Waals surface area contributed by atoms with Crippen LogP contribution in [0.2, 0.25) is 5.02 Å². The van der Waals surface area contributed by atoms with Crippen LogP contribution in [0.25, 0.3) is 0 Å². The van der Waals surface area contributed by atoms with Crippen LogP contribution < -0.4 is 5.32 Å². The highest BCUT2D eigenvalue weighted by Gasteiger charge is 2.32. The number of carbonyl (C=O) groups is 1. The maximum absolute atomic E-state index is 13.2. The second kappa shape index (κ2) is 8.26. The SMILES string of the molecule is O=C(Nc1ccc(F)c(Cl)c1)C1CCN(S(=O)(=O)c2ccc(Br)cc2)CC1. The average Bonchev–Trinajstić information content (AvgIpc) is 2.65. The van der Waals surface area contributed by atoms with Crippen LogP contribution in [0.3, 0.4) is 0 Å². The molecule has 9 heteroatoms. The summed E-state index contributed by atoms with van der Waals surface area (Å²) in [5, 5.41) is 2.64. The van der Waals surface area contributed by atoms with Crippen molar-refractivity contribution in [3.63, 3.8) is 0 Å². The molecule has 5 nitrogen and oxygen atoms in total. The Morgan fingerprint density at radius 1 is 1.15 bits per heavy atom. The lowest BCUT2D eigenvalue weighted by Crippen LogP contribution is -2.41. The smallest absolute Gasteiger partial charge is 0.243 e. The summed E-state index contributed by atoms with van der Waals surface area (Å²) in [6.45, 7) is 0.529. The number of sulfonamides is 1. The maximum atomic E-state index is 13.2. The van der Waals surface area contributed by atoms with Crippen LogP contribution in [-0.4, -0.2) is 31.7 Å². The Labute approximate surface area is 170 Å². The van der Waals surface area contributed by atoms with Gasteiger partial charge in [-0.05, 0) is 55.3 Å². The fourth-order valence-corrected chi connectivity index (χ4v) is 4.85. The van der Waals surface area contributed by atoms with Crippen LogP contribution in [0.4, 0.5) is 10.1 Å². The number of hydrogen-bond donors (Lipinski definition) is 1. The van der Waals surface area contributed by atoms with Crippen LogP contribution in [0.5, 0.6) is 0 Å². The minimum absolute atomic E-state index is 0.0665. The first-order chi connectivity index (χ1) is 12.8. The van der Waals surface area contributed by atoms with Gasteiger partial charge >= 0.3 is 0 Å². The van der Waals surface area contributed by atoms with Crippen molar-refractivity contribution < 1.29 is 17.6 Å². The molecule has 27 heavy (non-hydrogen) atoms. The molecule has 0 saturated carbocycles. The Morgan fingerprint density at radius 3 is 2.37 bits per heavy atom. The van der Waals surface area contributed by atoms with E-state index < -0.39 is 15.8 Å². The van der Waals surface area contributed by atoms with Crippen molar-refractivity contribution in [2.24, 2.45) is 5.92 Å². The number of hydrogen-bond acceptors (Lipinski definition) is 3. The average molecular weight is 476 g/mol. The molecule has 0 unspecified atom stereocenters. The van der Waals surface area contributed by atoms with E-state index in [4.69, 9.17) is 11.6 Å². The third-order valence-electron chi connectivity index (χ3n) is 4.46. The summed E-state index contributed by atoms with van der Waals surface area (Å²) in [7, 11) is -3.58. The third-order valence-corrected chi connectivity index (χ3v) is 7.19. The zero-order valence-corrected chi connectivity index (χ0v) is 17.3. The lowest BCUT2D eigenvalue weighted by molar-refractivity contribution is -0.120. The molecule has 144 valence electrons. The standard InChI is InChI=1S/C18H17BrClFN2O3S/c19-13-1-4-15(5-2-13)27(25,26)23-9-7-12(8-10-23)18(24)22-14-3-6-17(21)16(20)11-14/h1-6,11-12H,7-10H2,(H,22,24). The van der Waals surface area contributed by atoms with Crippen LogP contribution in [0.15, 0.2) is 51.8 Å². The zero-order valence-electron chi connectivity index (χ0n) is 14.2. The molecule has 1 heterocycles. The van der Waals surface area contributed by atoms with E-state index in [2.05, 4.69) is 21.2 Å². The Bertz CT molecular complexity index is 946. The van der Waals surface area contributed by atoms with Crippen molar-refractivity contribution in [1.82, 2.24) is 4.31 Å². The van der Waals surface area contributed by atoms with Gasteiger partial charge in [-0.15, -0.1) is 0 Å². The number of nitrogens with zero attached hydrogens (tertiary/aromatic N) is 1. The van der Waals surface area contributed by atoms with Gasteiger partial charge in [0.1, 0.15) is 5.82 Å². The van der Waals surface area contributed by atoms with Crippen molar-refractivity contribution >= 4 is 49.1 Å². The highest BCUT2D eigenvalue weighted by Crippen LogP contribution is 2.26. The molecule has 1 amide bonds. The molecule has 1 saturated heterocycles. The highest BCUT2D eigenvalue weighted by molar-refractivity contribution is 9.10. The molecule has 0 spiro atoms. The van der Waals surface area contributed by atoms with Crippen LogP contribution in [-0.2, 0) is 14.8 Å². The predicted molar refractivity (Wildman–Crippen MR) is 106 cm³/mol. The number of anilines is 1. The van der Waals surface area contributed by atoms with E-state index in [9.17, 15) is 17.6 Å². The largest absolute Gasteiger partial charge is 0.326 e. The number of carbonyl (C=O) groups excluding carboxylic acids is 1. The van der Waals surface area contributed by atoms with E-state index in [1.165, 1.54) is 22.5 Å². The predicted octanol–water partition coefficient (Wildman–Crippen LogP) is 4.28. The summed E-state index contributed by atoms with van der Waals surface area (Å²) < 4.78 is 40.8. The number of halogens is 3. The van der Waals surface area contributed by atoms with Crippen LogP contribution >= 0.6 is 27.5 Å². The zero-order chi connectivity index (χ0) is 19.6. The van der Waals surface area contributed by atoms with Crippen molar-refractivity contribution in [2.75, 3.05) is 18.4 Å². The molecular weight excluding hydrogens is 459 g/mol. The summed E-state index contributed by atoms with van der Waals surface area (Å²) in [6.07, 6.45) is 0.826. The Morgan fingerprint density at radius 2 is 1.78 bits per heavy atom. The van der Waals surface area contributed by atoms with Gasteiger partial charge in [0.15, 0.2) is 0 Å². The maximum Gasteiger partial charge on any atom is 0.243 e. The van der Waals surface area contributed by atoms with Gasteiger partial charge in [-0.25, -0.2) is 12.8 Å². The highest BCUT2D eigenvalue weighted by atomic mass is 79.9. The van der Waals surface area contributed by atoms with E-state index in [0.717, 1.165) is 4.47 Å². The number of benzene rings is 2. The Kier molecular flexibility index (Phi) is 6.20.